The van der Waals surface area contributed by atoms with Crippen LogP contribution in [0.4, 0.5) is 5.69 Å². The number of anilines is 1. The molecule has 1 aliphatic carbocycles. The fraction of sp³-hybridized carbons (Fsp3) is 0.364. The van der Waals surface area contributed by atoms with Crippen LogP contribution in [0.5, 0.6) is 0 Å². The van der Waals surface area contributed by atoms with Crippen LogP contribution in [0.2, 0.25) is 0 Å². The van der Waals surface area contributed by atoms with E-state index in [9.17, 15) is 9.59 Å². The summed E-state index contributed by atoms with van der Waals surface area (Å²) in [5, 5.41) is 3.04. The molecule has 3 rings (SSSR count). The van der Waals surface area contributed by atoms with Gasteiger partial charge in [-0.25, -0.2) is 4.79 Å². The molecule has 0 atom stereocenters. The third-order valence-electron chi connectivity index (χ3n) is 4.94. The molecule has 1 aliphatic rings. The van der Waals surface area contributed by atoms with E-state index in [-0.39, 0.29) is 18.0 Å². The number of benzene rings is 2. The summed E-state index contributed by atoms with van der Waals surface area (Å²) >= 11 is 0. The van der Waals surface area contributed by atoms with Gasteiger partial charge in [-0.1, -0.05) is 43.2 Å². The topological polar surface area (TPSA) is 55.4 Å². The smallest absolute Gasteiger partial charge is 0.338 e. The van der Waals surface area contributed by atoms with Crippen molar-refractivity contribution in [2.24, 2.45) is 0 Å². The number of esters is 1. The molecule has 26 heavy (non-hydrogen) atoms. The standard InChI is InChI=1S/C22H25NO3/c1-16(2)26-20(24)17-10-12-19(13-11-17)23-21(25)22(14-6-7-15-22)18-8-4-3-5-9-18/h3-5,8-13,16H,6-7,14-15H2,1-2H3,(H,23,25). The second-order valence-electron chi connectivity index (χ2n) is 7.14. The number of nitrogens with one attached hydrogen (secondary N) is 1. The summed E-state index contributed by atoms with van der Waals surface area (Å²) in [7, 11) is 0. The minimum atomic E-state index is -0.462. The van der Waals surface area contributed by atoms with E-state index in [0.717, 1.165) is 31.2 Å². The molecule has 1 N–H and O–H groups in total. The lowest BCUT2D eigenvalue weighted by atomic mass is 9.78. The Kier molecular flexibility index (Phi) is 5.40. The second kappa shape index (κ2) is 7.73. The molecule has 0 unspecified atom stereocenters. The van der Waals surface area contributed by atoms with Crippen LogP contribution in [0.3, 0.4) is 0 Å². The second-order valence-corrected chi connectivity index (χ2v) is 7.14. The highest BCUT2D eigenvalue weighted by Crippen LogP contribution is 2.42. The van der Waals surface area contributed by atoms with E-state index in [1.165, 1.54) is 0 Å². The van der Waals surface area contributed by atoms with E-state index < -0.39 is 5.41 Å². The minimum Gasteiger partial charge on any atom is -0.459 e. The molecule has 2 aromatic carbocycles. The number of amides is 1. The quantitative estimate of drug-likeness (QED) is 0.794. The van der Waals surface area contributed by atoms with Gasteiger partial charge in [-0.2, -0.15) is 0 Å². The van der Waals surface area contributed by atoms with Gasteiger partial charge in [-0.3, -0.25) is 4.79 Å². The third-order valence-corrected chi connectivity index (χ3v) is 4.94. The maximum absolute atomic E-state index is 13.1. The molecular formula is C22H25NO3. The van der Waals surface area contributed by atoms with Crippen molar-refractivity contribution in [2.75, 3.05) is 5.32 Å². The highest BCUT2D eigenvalue weighted by Gasteiger charge is 2.42. The van der Waals surface area contributed by atoms with E-state index in [2.05, 4.69) is 5.32 Å². The fourth-order valence-corrected chi connectivity index (χ4v) is 3.61. The molecule has 0 radical (unpaired) electrons. The molecule has 136 valence electrons. The van der Waals surface area contributed by atoms with E-state index in [0.29, 0.717) is 11.3 Å². The van der Waals surface area contributed by atoms with Gasteiger partial charge in [0.1, 0.15) is 0 Å². The molecule has 4 nitrogen and oxygen atoms in total. The Morgan fingerprint density at radius 3 is 2.15 bits per heavy atom. The van der Waals surface area contributed by atoms with Gasteiger partial charge in [0, 0.05) is 5.69 Å². The maximum atomic E-state index is 13.1. The van der Waals surface area contributed by atoms with Crippen molar-refractivity contribution in [1.82, 2.24) is 0 Å². The van der Waals surface area contributed by atoms with Gasteiger partial charge in [0.05, 0.1) is 17.1 Å². The van der Waals surface area contributed by atoms with Gasteiger partial charge >= 0.3 is 5.97 Å². The number of carbonyl (C=O) groups is 2. The Bertz CT molecular complexity index is 760. The normalized spacial score (nSPS) is 15.7. The molecule has 0 aliphatic heterocycles. The zero-order chi connectivity index (χ0) is 18.6. The first-order valence-electron chi connectivity index (χ1n) is 9.19. The predicted molar refractivity (Wildman–Crippen MR) is 102 cm³/mol. The average Bonchev–Trinajstić information content (AvgIpc) is 3.13. The van der Waals surface area contributed by atoms with Crippen LogP contribution in [-0.4, -0.2) is 18.0 Å². The lowest BCUT2D eigenvalue weighted by Gasteiger charge is -2.28. The molecule has 1 fully saturated rings. The van der Waals surface area contributed by atoms with Crippen molar-refractivity contribution in [3.63, 3.8) is 0 Å². The van der Waals surface area contributed by atoms with Gasteiger partial charge in [0.2, 0.25) is 5.91 Å². The summed E-state index contributed by atoms with van der Waals surface area (Å²) in [4.78, 5) is 25.0. The summed E-state index contributed by atoms with van der Waals surface area (Å²) < 4.78 is 5.19. The molecule has 0 bridgehead atoms. The number of rotatable bonds is 5. The van der Waals surface area contributed by atoms with Crippen molar-refractivity contribution >= 4 is 17.6 Å². The minimum absolute atomic E-state index is 0.0266. The van der Waals surface area contributed by atoms with Crippen LogP contribution < -0.4 is 5.32 Å². The first kappa shape index (κ1) is 18.2. The van der Waals surface area contributed by atoms with Crippen LogP contribution in [0.1, 0.15) is 55.5 Å². The van der Waals surface area contributed by atoms with Crippen LogP contribution >= 0.6 is 0 Å². The van der Waals surface area contributed by atoms with Crippen molar-refractivity contribution in [3.8, 4) is 0 Å². The van der Waals surface area contributed by atoms with E-state index in [1.807, 2.05) is 44.2 Å². The molecule has 0 aromatic heterocycles. The van der Waals surface area contributed by atoms with E-state index in [4.69, 9.17) is 4.74 Å². The van der Waals surface area contributed by atoms with Gasteiger partial charge in [0.15, 0.2) is 0 Å². The highest BCUT2D eigenvalue weighted by molar-refractivity contribution is 6.00. The number of ether oxygens (including phenoxy) is 1. The number of hydrogen-bond donors (Lipinski definition) is 1. The van der Waals surface area contributed by atoms with Gasteiger partial charge in [0.25, 0.3) is 0 Å². The van der Waals surface area contributed by atoms with Crippen molar-refractivity contribution < 1.29 is 14.3 Å². The summed E-state index contributed by atoms with van der Waals surface area (Å²) in [6, 6.07) is 16.9. The van der Waals surface area contributed by atoms with Crippen LogP contribution in [0, 0.1) is 0 Å². The first-order chi connectivity index (χ1) is 12.5. The lowest BCUT2D eigenvalue weighted by Crippen LogP contribution is -2.37. The monoisotopic (exact) mass is 351 g/mol. The molecule has 0 spiro atoms. The Balaban J connectivity index is 1.75. The highest BCUT2D eigenvalue weighted by atomic mass is 16.5. The number of hydrogen-bond acceptors (Lipinski definition) is 3. The Morgan fingerprint density at radius 2 is 1.58 bits per heavy atom. The number of carbonyl (C=O) groups excluding carboxylic acids is 2. The Labute approximate surface area is 154 Å². The largest absolute Gasteiger partial charge is 0.459 e. The summed E-state index contributed by atoms with van der Waals surface area (Å²) in [6.45, 7) is 3.63. The molecule has 1 amide bonds. The van der Waals surface area contributed by atoms with Crippen molar-refractivity contribution in [3.05, 3.63) is 65.7 Å². The molecule has 1 saturated carbocycles. The van der Waals surface area contributed by atoms with Gasteiger partial charge < -0.3 is 10.1 Å². The zero-order valence-electron chi connectivity index (χ0n) is 15.3. The van der Waals surface area contributed by atoms with Crippen molar-refractivity contribution in [1.29, 1.82) is 0 Å². The van der Waals surface area contributed by atoms with Crippen molar-refractivity contribution in [2.45, 2.75) is 51.0 Å². The summed E-state index contributed by atoms with van der Waals surface area (Å²) in [6.07, 6.45) is 3.68. The average molecular weight is 351 g/mol. The SMILES string of the molecule is CC(C)OC(=O)c1ccc(NC(=O)C2(c3ccccc3)CCCC2)cc1. The Morgan fingerprint density at radius 1 is 0.962 bits per heavy atom. The van der Waals surface area contributed by atoms with Gasteiger partial charge in [-0.15, -0.1) is 0 Å². The van der Waals surface area contributed by atoms with Crippen LogP contribution in [0.25, 0.3) is 0 Å². The first-order valence-corrected chi connectivity index (χ1v) is 9.19. The predicted octanol–water partition coefficient (Wildman–Crippen LogP) is 4.70. The molecular weight excluding hydrogens is 326 g/mol. The fourth-order valence-electron chi connectivity index (χ4n) is 3.61. The molecule has 0 heterocycles. The lowest BCUT2D eigenvalue weighted by molar-refractivity contribution is -0.121. The molecule has 4 heteroatoms. The van der Waals surface area contributed by atoms with Gasteiger partial charge in [-0.05, 0) is 56.5 Å². The van der Waals surface area contributed by atoms with E-state index in [1.54, 1.807) is 24.3 Å². The molecule has 2 aromatic rings. The van der Waals surface area contributed by atoms with Crippen LogP contribution in [0.15, 0.2) is 54.6 Å². The third kappa shape index (κ3) is 3.79. The Hall–Kier alpha value is -2.62. The maximum Gasteiger partial charge on any atom is 0.338 e. The zero-order valence-corrected chi connectivity index (χ0v) is 15.3. The summed E-state index contributed by atoms with van der Waals surface area (Å²) in [5.74, 6) is -0.326. The molecule has 0 saturated heterocycles. The van der Waals surface area contributed by atoms with Crippen LogP contribution in [-0.2, 0) is 14.9 Å². The summed E-state index contributed by atoms with van der Waals surface area (Å²) in [5.41, 5.74) is 1.79. The van der Waals surface area contributed by atoms with E-state index >= 15 is 0 Å².